The molecule has 0 aliphatic heterocycles. The van der Waals surface area contributed by atoms with Crippen LogP contribution >= 0.6 is 11.7 Å². The first-order valence-electron chi connectivity index (χ1n) is 6.79. The van der Waals surface area contributed by atoms with E-state index in [1.807, 2.05) is 36.4 Å². The fraction of sp³-hybridized carbons (Fsp3) is 0. The van der Waals surface area contributed by atoms with Gasteiger partial charge in [0, 0.05) is 11.1 Å². The summed E-state index contributed by atoms with van der Waals surface area (Å²) in [6, 6.07) is 25.0. The van der Waals surface area contributed by atoms with Crippen LogP contribution in [0.25, 0.3) is 33.3 Å². The summed E-state index contributed by atoms with van der Waals surface area (Å²) >= 11 is 1.27. The molecule has 3 heteroatoms. The Balaban J connectivity index is 1.97. The van der Waals surface area contributed by atoms with Crippen molar-refractivity contribution in [2.24, 2.45) is 0 Å². The van der Waals surface area contributed by atoms with Gasteiger partial charge in [-0.05, 0) is 11.1 Å². The lowest BCUT2D eigenvalue weighted by Gasteiger charge is -2.06. The number of aromatic nitrogens is 2. The van der Waals surface area contributed by atoms with Crippen molar-refractivity contribution >= 4 is 22.8 Å². The number of nitrogens with zero attached hydrogens (tertiary/aromatic N) is 2. The lowest BCUT2D eigenvalue weighted by atomic mass is 9.98. The van der Waals surface area contributed by atoms with Crippen LogP contribution in [0.1, 0.15) is 0 Å². The molecule has 21 heavy (non-hydrogen) atoms. The molecule has 0 fully saturated rings. The van der Waals surface area contributed by atoms with Gasteiger partial charge in [0.15, 0.2) is 0 Å². The summed E-state index contributed by atoms with van der Waals surface area (Å²) < 4.78 is 9.02. The van der Waals surface area contributed by atoms with E-state index in [0.717, 1.165) is 22.2 Å². The SMILES string of the molecule is c1ccc(-c2ccc(-c3ccccc3)c3nsnc23)cc1. The largest absolute Gasteiger partial charge is 0.172 e. The third-order valence-electron chi connectivity index (χ3n) is 3.59. The zero-order chi connectivity index (χ0) is 14.1. The predicted molar refractivity (Wildman–Crippen MR) is 88.3 cm³/mol. The van der Waals surface area contributed by atoms with Crippen molar-refractivity contribution in [3.63, 3.8) is 0 Å². The highest BCUT2D eigenvalue weighted by Crippen LogP contribution is 2.34. The van der Waals surface area contributed by atoms with Crippen LogP contribution in [0.2, 0.25) is 0 Å². The maximum Gasteiger partial charge on any atom is 0.113 e. The zero-order valence-electron chi connectivity index (χ0n) is 11.2. The molecule has 0 saturated heterocycles. The van der Waals surface area contributed by atoms with Gasteiger partial charge in [-0.3, -0.25) is 0 Å². The smallest absolute Gasteiger partial charge is 0.113 e. The van der Waals surface area contributed by atoms with Gasteiger partial charge in [-0.1, -0.05) is 72.8 Å². The molecule has 1 aromatic heterocycles. The zero-order valence-corrected chi connectivity index (χ0v) is 12.0. The molecule has 4 aromatic rings. The third kappa shape index (κ3) is 2.12. The van der Waals surface area contributed by atoms with Crippen LogP contribution in [0.3, 0.4) is 0 Å². The lowest BCUT2D eigenvalue weighted by molar-refractivity contribution is 1.58. The summed E-state index contributed by atoms with van der Waals surface area (Å²) in [4.78, 5) is 0. The molecule has 0 amide bonds. The van der Waals surface area contributed by atoms with Crippen molar-refractivity contribution in [1.82, 2.24) is 8.75 Å². The van der Waals surface area contributed by atoms with Gasteiger partial charge in [-0.2, -0.15) is 8.75 Å². The molecule has 0 atom stereocenters. The van der Waals surface area contributed by atoms with Crippen molar-refractivity contribution in [3.05, 3.63) is 72.8 Å². The minimum Gasteiger partial charge on any atom is -0.172 e. The summed E-state index contributed by atoms with van der Waals surface area (Å²) in [7, 11) is 0. The first-order chi connectivity index (χ1) is 10.4. The van der Waals surface area contributed by atoms with E-state index < -0.39 is 0 Å². The minimum absolute atomic E-state index is 0.979. The van der Waals surface area contributed by atoms with Gasteiger partial charge in [-0.15, -0.1) is 0 Å². The fourth-order valence-electron chi connectivity index (χ4n) is 2.57. The first-order valence-corrected chi connectivity index (χ1v) is 7.52. The van der Waals surface area contributed by atoms with Crippen molar-refractivity contribution < 1.29 is 0 Å². The highest BCUT2D eigenvalue weighted by Gasteiger charge is 2.12. The molecule has 4 rings (SSSR count). The van der Waals surface area contributed by atoms with Crippen LogP contribution in [0.15, 0.2) is 72.8 Å². The Morgan fingerprint density at radius 1 is 0.524 bits per heavy atom. The summed E-state index contributed by atoms with van der Waals surface area (Å²) in [5.41, 5.74) is 6.59. The molecule has 0 saturated carbocycles. The van der Waals surface area contributed by atoms with Crippen LogP contribution in [0.4, 0.5) is 0 Å². The molecule has 0 radical (unpaired) electrons. The van der Waals surface area contributed by atoms with E-state index in [9.17, 15) is 0 Å². The summed E-state index contributed by atoms with van der Waals surface area (Å²) in [5, 5.41) is 0. The fourth-order valence-corrected chi connectivity index (χ4v) is 3.14. The molecule has 0 spiro atoms. The maximum atomic E-state index is 4.51. The molecule has 3 aromatic carbocycles. The number of benzene rings is 3. The molecule has 0 aliphatic carbocycles. The van der Waals surface area contributed by atoms with Crippen LogP contribution < -0.4 is 0 Å². The van der Waals surface area contributed by atoms with Crippen LogP contribution in [-0.4, -0.2) is 8.75 Å². The van der Waals surface area contributed by atoms with Crippen LogP contribution in [0.5, 0.6) is 0 Å². The molecule has 1 heterocycles. The minimum atomic E-state index is 0.979. The topological polar surface area (TPSA) is 25.8 Å². The van der Waals surface area contributed by atoms with Gasteiger partial charge < -0.3 is 0 Å². The standard InChI is InChI=1S/C18H12N2S/c1-3-7-13(8-4-1)15-11-12-16(14-9-5-2-6-10-14)18-17(15)19-21-20-18/h1-12H. The average Bonchev–Trinajstić information content (AvgIpc) is 3.05. The second kappa shape index (κ2) is 5.11. The van der Waals surface area contributed by atoms with E-state index in [0.29, 0.717) is 0 Å². The van der Waals surface area contributed by atoms with Gasteiger partial charge in [0.05, 0.1) is 11.7 Å². The molecule has 0 unspecified atom stereocenters. The van der Waals surface area contributed by atoms with E-state index >= 15 is 0 Å². The van der Waals surface area contributed by atoms with Gasteiger partial charge in [0.25, 0.3) is 0 Å². The van der Waals surface area contributed by atoms with Gasteiger partial charge in [0.2, 0.25) is 0 Å². The normalized spacial score (nSPS) is 10.9. The average molecular weight is 288 g/mol. The molecule has 2 nitrogen and oxygen atoms in total. The molecule has 100 valence electrons. The van der Waals surface area contributed by atoms with Crippen molar-refractivity contribution in [2.75, 3.05) is 0 Å². The Hall–Kier alpha value is -2.52. The van der Waals surface area contributed by atoms with Gasteiger partial charge in [-0.25, -0.2) is 0 Å². The first kappa shape index (κ1) is 12.2. The molecule has 0 aliphatic rings. The quantitative estimate of drug-likeness (QED) is 0.517. The summed E-state index contributed by atoms with van der Waals surface area (Å²) in [6.45, 7) is 0. The van der Waals surface area contributed by atoms with E-state index in [2.05, 4.69) is 45.1 Å². The Labute approximate surface area is 127 Å². The molecule has 0 bridgehead atoms. The summed E-state index contributed by atoms with van der Waals surface area (Å²) in [6.07, 6.45) is 0. The molecular formula is C18H12N2S. The van der Waals surface area contributed by atoms with E-state index in [-0.39, 0.29) is 0 Å². The highest BCUT2D eigenvalue weighted by molar-refractivity contribution is 7.00. The van der Waals surface area contributed by atoms with Gasteiger partial charge >= 0.3 is 0 Å². The van der Waals surface area contributed by atoms with Crippen molar-refractivity contribution in [3.8, 4) is 22.3 Å². The summed E-state index contributed by atoms with van der Waals surface area (Å²) in [5.74, 6) is 0. The van der Waals surface area contributed by atoms with Crippen molar-refractivity contribution in [1.29, 1.82) is 0 Å². The number of fused-ring (bicyclic) bond motifs is 1. The molecule has 0 N–H and O–H groups in total. The van der Waals surface area contributed by atoms with E-state index in [1.165, 1.54) is 22.9 Å². The van der Waals surface area contributed by atoms with E-state index in [1.54, 1.807) is 0 Å². The van der Waals surface area contributed by atoms with Crippen LogP contribution in [-0.2, 0) is 0 Å². The highest BCUT2D eigenvalue weighted by atomic mass is 32.1. The molecular weight excluding hydrogens is 276 g/mol. The monoisotopic (exact) mass is 288 g/mol. The number of rotatable bonds is 2. The number of hydrogen-bond acceptors (Lipinski definition) is 3. The Bertz CT molecular complexity index is 809. The Morgan fingerprint density at radius 3 is 1.38 bits per heavy atom. The second-order valence-corrected chi connectivity index (χ2v) is 5.38. The Morgan fingerprint density at radius 2 is 0.952 bits per heavy atom. The van der Waals surface area contributed by atoms with E-state index in [4.69, 9.17) is 0 Å². The maximum absolute atomic E-state index is 4.51. The second-order valence-electron chi connectivity index (χ2n) is 4.85. The number of hydrogen-bond donors (Lipinski definition) is 0. The predicted octanol–water partition coefficient (Wildman–Crippen LogP) is 5.03. The van der Waals surface area contributed by atoms with Crippen molar-refractivity contribution in [2.45, 2.75) is 0 Å². The Kier molecular flexibility index (Phi) is 2.98. The van der Waals surface area contributed by atoms with Crippen LogP contribution in [0, 0.1) is 0 Å². The lowest BCUT2D eigenvalue weighted by Crippen LogP contribution is -1.85. The third-order valence-corrected chi connectivity index (χ3v) is 4.11. The van der Waals surface area contributed by atoms with Gasteiger partial charge in [0.1, 0.15) is 11.0 Å².